The summed E-state index contributed by atoms with van der Waals surface area (Å²) >= 11 is 0. The van der Waals surface area contributed by atoms with Crippen LogP contribution in [-0.2, 0) is 5.41 Å². The molecule has 2 amide bonds. The summed E-state index contributed by atoms with van der Waals surface area (Å²) in [4.78, 5) is 16.9. The lowest BCUT2D eigenvalue weighted by molar-refractivity contribution is 0.201. The molecule has 2 heterocycles. The highest BCUT2D eigenvalue weighted by molar-refractivity contribution is 5.99. The normalized spacial score (nSPS) is 11.1. The first-order valence-electron chi connectivity index (χ1n) is 11.5. The summed E-state index contributed by atoms with van der Waals surface area (Å²) in [7, 11) is 0. The van der Waals surface area contributed by atoms with E-state index < -0.39 is 6.03 Å². The lowest BCUT2D eigenvalue weighted by Gasteiger charge is -2.14. The molecule has 9 nitrogen and oxygen atoms in total. The third kappa shape index (κ3) is 6.39. The number of carbonyl (C=O) groups excluding carboxylic acids is 1. The second-order valence-corrected chi connectivity index (χ2v) is 9.04. The lowest BCUT2D eigenvalue weighted by Crippen LogP contribution is -2.21. The Kier molecular flexibility index (Phi) is 7.50. The number of amides is 2. The fourth-order valence-electron chi connectivity index (χ4n) is 3.31. The second-order valence-electron chi connectivity index (χ2n) is 9.04. The van der Waals surface area contributed by atoms with E-state index in [1.165, 1.54) is 0 Å². The van der Waals surface area contributed by atoms with E-state index in [1.807, 2.05) is 24.3 Å². The maximum atomic E-state index is 12.8. The van der Waals surface area contributed by atoms with Crippen molar-refractivity contribution >= 4 is 17.5 Å². The zero-order valence-corrected chi connectivity index (χ0v) is 20.4. The predicted molar refractivity (Wildman–Crippen MR) is 138 cm³/mol. The molecule has 0 aliphatic rings. The topological polar surface area (TPSA) is 111 Å². The smallest absolute Gasteiger partial charge is 0.324 e. The van der Waals surface area contributed by atoms with Crippen molar-refractivity contribution in [2.24, 2.45) is 0 Å². The van der Waals surface area contributed by atoms with Crippen molar-refractivity contribution < 1.29 is 19.4 Å². The monoisotopic (exact) mass is 487 g/mol. The minimum absolute atomic E-state index is 0.0563. The Bertz CT molecular complexity index is 1280. The molecule has 36 heavy (non-hydrogen) atoms. The van der Waals surface area contributed by atoms with Crippen LogP contribution in [0.25, 0.3) is 5.69 Å². The molecular formula is C27H29N5O4. The molecule has 4 rings (SSSR count). The lowest BCUT2D eigenvalue weighted by atomic mass is 9.92. The van der Waals surface area contributed by atoms with Gasteiger partial charge in [-0.15, -0.1) is 0 Å². The number of ether oxygens (including phenoxy) is 2. The van der Waals surface area contributed by atoms with Crippen molar-refractivity contribution in [1.29, 1.82) is 0 Å². The molecule has 0 aliphatic carbocycles. The van der Waals surface area contributed by atoms with Crippen LogP contribution in [0.15, 0.2) is 79.1 Å². The van der Waals surface area contributed by atoms with Gasteiger partial charge >= 0.3 is 6.03 Å². The molecule has 0 saturated carbocycles. The molecule has 2 aromatic heterocycles. The Morgan fingerprint density at radius 2 is 1.69 bits per heavy atom. The van der Waals surface area contributed by atoms with Gasteiger partial charge in [0.2, 0.25) is 0 Å². The van der Waals surface area contributed by atoms with Gasteiger partial charge in [0.15, 0.2) is 0 Å². The Hall–Kier alpha value is -4.37. The van der Waals surface area contributed by atoms with Crippen molar-refractivity contribution in [3.63, 3.8) is 0 Å². The first kappa shape index (κ1) is 24.7. The average molecular weight is 488 g/mol. The largest absolute Gasteiger partial charge is 0.491 e. The standard InChI is InChI=1S/C27H29N5O4/c1-27(2,3)24-17-25(32(31-24)20-8-12-21(13-9-20)35-16-15-33)30-26(34)29-19-6-10-22(11-7-19)36-23-5-4-14-28-18-23/h4-14,17-18,33H,15-16H2,1-3H3,(H2,29,30,34). The van der Waals surface area contributed by atoms with Crippen molar-refractivity contribution in [3.8, 4) is 22.9 Å². The number of aliphatic hydroxyl groups excluding tert-OH is 1. The maximum absolute atomic E-state index is 12.8. The van der Waals surface area contributed by atoms with Crippen LogP contribution in [-0.4, -0.2) is 39.1 Å². The first-order chi connectivity index (χ1) is 17.3. The molecule has 0 fully saturated rings. The molecule has 2 aromatic carbocycles. The van der Waals surface area contributed by atoms with Crippen LogP contribution < -0.4 is 20.1 Å². The number of anilines is 2. The van der Waals surface area contributed by atoms with E-state index in [1.54, 1.807) is 59.5 Å². The average Bonchev–Trinajstić information content (AvgIpc) is 3.29. The van der Waals surface area contributed by atoms with Crippen molar-refractivity contribution in [3.05, 3.63) is 84.8 Å². The van der Waals surface area contributed by atoms with E-state index in [-0.39, 0.29) is 18.6 Å². The summed E-state index contributed by atoms with van der Waals surface area (Å²) in [5.41, 5.74) is 1.98. The summed E-state index contributed by atoms with van der Waals surface area (Å²) in [5, 5.41) is 19.4. The Morgan fingerprint density at radius 3 is 2.33 bits per heavy atom. The van der Waals surface area contributed by atoms with E-state index in [2.05, 4.69) is 36.4 Å². The van der Waals surface area contributed by atoms with Gasteiger partial charge in [0.05, 0.1) is 24.2 Å². The highest BCUT2D eigenvalue weighted by atomic mass is 16.5. The minimum atomic E-state index is -0.402. The third-order valence-electron chi connectivity index (χ3n) is 5.14. The first-order valence-corrected chi connectivity index (χ1v) is 11.5. The van der Waals surface area contributed by atoms with Gasteiger partial charge in [0.25, 0.3) is 0 Å². The van der Waals surface area contributed by atoms with Crippen molar-refractivity contribution in [2.45, 2.75) is 26.2 Å². The number of nitrogens with one attached hydrogen (secondary N) is 2. The van der Waals surface area contributed by atoms with Gasteiger partial charge < -0.3 is 19.9 Å². The zero-order valence-electron chi connectivity index (χ0n) is 20.4. The summed E-state index contributed by atoms with van der Waals surface area (Å²) in [6.07, 6.45) is 3.31. The maximum Gasteiger partial charge on any atom is 0.324 e. The van der Waals surface area contributed by atoms with Crippen LogP contribution in [0.5, 0.6) is 17.2 Å². The van der Waals surface area contributed by atoms with E-state index in [0.717, 1.165) is 11.4 Å². The molecular weight excluding hydrogens is 458 g/mol. The summed E-state index contributed by atoms with van der Waals surface area (Å²) in [6.45, 7) is 6.34. The molecule has 0 radical (unpaired) electrons. The van der Waals surface area contributed by atoms with Gasteiger partial charge in [-0.1, -0.05) is 20.8 Å². The molecule has 0 spiro atoms. The SMILES string of the molecule is CC(C)(C)c1cc(NC(=O)Nc2ccc(Oc3cccnc3)cc2)n(-c2ccc(OCCO)cc2)n1. The number of carbonyl (C=O) groups is 1. The number of pyridine rings is 1. The second kappa shape index (κ2) is 10.9. The molecule has 9 heteroatoms. The van der Waals surface area contributed by atoms with E-state index in [0.29, 0.717) is 28.8 Å². The molecule has 0 saturated heterocycles. The molecule has 4 aromatic rings. The molecule has 0 atom stereocenters. The van der Waals surface area contributed by atoms with Crippen LogP contribution in [0, 0.1) is 0 Å². The van der Waals surface area contributed by atoms with Crippen LogP contribution >= 0.6 is 0 Å². The number of nitrogens with zero attached hydrogens (tertiary/aromatic N) is 3. The molecule has 186 valence electrons. The number of rotatable bonds is 8. The van der Waals surface area contributed by atoms with Crippen LogP contribution in [0.4, 0.5) is 16.3 Å². The van der Waals surface area contributed by atoms with Crippen LogP contribution in [0.2, 0.25) is 0 Å². The number of benzene rings is 2. The highest BCUT2D eigenvalue weighted by Crippen LogP contribution is 2.27. The highest BCUT2D eigenvalue weighted by Gasteiger charge is 2.21. The fourth-order valence-corrected chi connectivity index (χ4v) is 3.31. The van der Waals surface area contributed by atoms with Crippen molar-refractivity contribution in [2.75, 3.05) is 23.8 Å². The molecule has 3 N–H and O–H groups in total. The number of aliphatic hydroxyl groups is 1. The van der Waals surface area contributed by atoms with Crippen LogP contribution in [0.3, 0.4) is 0 Å². The summed E-state index contributed by atoms with van der Waals surface area (Å²) < 4.78 is 12.9. The predicted octanol–water partition coefficient (Wildman–Crippen LogP) is 5.37. The van der Waals surface area contributed by atoms with Gasteiger partial charge in [0, 0.05) is 23.4 Å². The van der Waals surface area contributed by atoms with Gasteiger partial charge in [-0.05, 0) is 60.7 Å². The summed E-state index contributed by atoms with van der Waals surface area (Å²) in [5.74, 6) is 2.43. The Morgan fingerprint density at radius 1 is 0.972 bits per heavy atom. The Balaban J connectivity index is 1.47. The third-order valence-corrected chi connectivity index (χ3v) is 5.14. The molecule has 0 bridgehead atoms. The fraction of sp³-hybridized carbons (Fsp3) is 0.222. The quantitative estimate of drug-likeness (QED) is 0.308. The van der Waals surface area contributed by atoms with Gasteiger partial charge in [-0.25, -0.2) is 9.48 Å². The van der Waals surface area contributed by atoms with Gasteiger partial charge in [-0.3, -0.25) is 10.3 Å². The van der Waals surface area contributed by atoms with Crippen molar-refractivity contribution in [1.82, 2.24) is 14.8 Å². The Labute approximate surface area is 209 Å². The van der Waals surface area contributed by atoms with Gasteiger partial charge in [0.1, 0.15) is 29.7 Å². The number of urea groups is 1. The number of hydrogen-bond donors (Lipinski definition) is 3. The zero-order chi connectivity index (χ0) is 25.5. The number of aromatic nitrogens is 3. The van der Waals surface area contributed by atoms with E-state index >= 15 is 0 Å². The van der Waals surface area contributed by atoms with Gasteiger partial charge in [-0.2, -0.15) is 5.10 Å². The summed E-state index contributed by atoms with van der Waals surface area (Å²) in [6, 6.07) is 19.4. The van der Waals surface area contributed by atoms with E-state index in [9.17, 15) is 4.79 Å². The van der Waals surface area contributed by atoms with E-state index in [4.69, 9.17) is 19.7 Å². The number of hydrogen-bond acceptors (Lipinski definition) is 6. The molecule has 0 unspecified atom stereocenters. The minimum Gasteiger partial charge on any atom is -0.491 e. The van der Waals surface area contributed by atoms with Crippen LogP contribution in [0.1, 0.15) is 26.5 Å². The molecule has 0 aliphatic heterocycles.